The van der Waals surface area contributed by atoms with Crippen LogP contribution in [0.4, 0.5) is 0 Å². The second-order valence-electron chi connectivity index (χ2n) is 3.63. The summed E-state index contributed by atoms with van der Waals surface area (Å²) in [4.78, 5) is 14.7. The Balaban J connectivity index is 2.41. The first kappa shape index (κ1) is 12.1. The number of hydrogen-bond acceptors (Lipinski definition) is 4. The Morgan fingerprint density at radius 3 is 2.89 bits per heavy atom. The molecule has 0 aliphatic rings. The highest BCUT2D eigenvalue weighted by molar-refractivity contribution is 5.83. The van der Waals surface area contributed by atoms with E-state index in [2.05, 4.69) is 10.1 Å². The number of aromatic nitrogens is 3. The largest absolute Gasteiger partial charge is 0.494 e. The number of nitrogens with zero attached hydrogens (tertiary/aromatic N) is 3. The van der Waals surface area contributed by atoms with Crippen molar-refractivity contribution >= 4 is 5.97 Å². The smallest absolute Gasteiger partial charge is 0.375 e. The molecule has 0 aliphatic heterocycles. The van der Waals surface area contributed by atoms with Crippen molar-refractivity contribution in [2.75, 3.05) is 6.61 Å². The zero-order chi connectivity index (χ0) is 13.1. The predicted octanol–water partition coefficient (Wildman–Crippen LogP) is 1.67. The minimum absolute atomic E-state index is 0.214. The highest BCUT2D eigenvalue weighted by Crippen LogP contribution is 2.17. The van der Waals surface area contributed by atoms with Gasteiger partial charge >= 0.3 is 5.97 Å². The molecule has 0 spiro atoms. The summed E-state index contributed by atoms with van der Waals surface area (Å²) < 4.78 is 6.86. The van der Waals surface area contributed by atoms with Gasteiger partial charge in [0.25, 0.3) is 5.82 Å². The number of carboxylic acid groups (broad SMARTS) is 1. The number of carbonyl (C=O) groups is 1. The number of rotatable bonds is 4. The van der Waals surface area contributed by atoms with Gasteiger partial charge in [-0.2, -0.15) is 0 Å². The number of aromatic carboxylic acids is 1. The van der Waals surface area contributed by atoms with Gasteiger partial charge in [0.1, 0.15) is 11.6 Å². The Labute approximate surface area is 104 Å². The number of hydrogen-bond donors (Lipinski definition) is 1. The molecular formula is C12H13N3O3. The minimum Gasteiger partial charge on any atom is -0.494 e. The molecule has 0 saturated carbocycles. The minimum atomic E-state index is -1.14. The van der Waals surface area contributed by atoms with Crippen LogP contribution in [0.5, 0.6) is 5.75 Å². The van der Waals surface area contributed by atoms with Crippen LogP contribution in [0.15, 0.2) is 24.3 Å². The first-order chi connectivity index (χ1) is 8.61. The van der Waals surface area contributed by atoms with Crippen molar-refractivity contribution in [1.82, 2.24) is 14.8 Å². The van der Waals surface area contributed by atoms with Crippen LogP contribution in [0.25, 0.3) is 5.69 Å². The van der Waals surface area contributed by atoms with Gasteiger partial charge in [0.2, 0.25) is 0 Å². The summed E-state index contributed by atoms with van der Waals surface area (Å²) in [7, 11) is 0. The Hall–Kier alpha value is -2.37. The first-order valence-corrected chi connectivity index (χ1v) is 5.52. The maximum Gasteiger partial charge on any atom is 0.375 e. The average molecular weight is 247 g/mol. The Morgan fingerprint density at radius 2 is 2.28 bits per heavy atom. The lowest BCUT2D eigenvalue weighted by Crippen LogP contribution is -2.03. The standard InChI is InChI=1S/C12H13N3O3/c1-3-18-10-6-4-5-9(7-10)15-8(2)13-11(14-15)12(16)17/h4-7H,3H2,1-2H3,(H,16,17). The van der Waals surface area contributed by atoms with Crippen LogP contribution in [-0.4, -0.2) is 32.4 Å². The van der Waals surface area contributed by atoms with E-state index in [9.17, 15) is 4.79 Å². The van der Waals surface area contributed by atoms with Crippen LogP contribution in [0.1, 0.15) is 23.4 Å². The van der Waals surface area contributed by atoms with E-state index in [-0.39, 0.29) is 5.82 Å². The predicted molar refractivity (Wildman–Crippen MR) is 64.2 cm³/mol. The SMILES string of the molecule is CCOc1cccc(-n2nc(C(=O)O)nc2C)c1. The topological polar surface area (TPSA) is 77.2 Å². The normalized spacial score (nSPS) is 10.3. The molecule has 1 aromatic heterocycles. The van der Waals surface area contributed by atoms with E-state index in [1.165, 1.54) is 4.68 Å². The third kappa shape index (κ3) is 2.32. The zero-order valence-corrected chi connectivity index (χ0v) is 10.1. The van der Waals surface area contributed by atoms with E-state index in [0.29, 0.717) is 18.2 Å². The molecule has 94 valence electrons. The van der Waals surface area contributed by atoms with E-state index in [1.54, 1.807) is 13.0 Å². The van der Waals surface area contributed by atoms with Crippen LogP contribution in [0.3, 0.4) is 0 Å². The van der Waals surface area contributed by atoms with Gasteiger partial charge in [-0.25, -0.2) is 14.5 Å². The fraction of sp³-hybridized carbons (Fsp3) is 0.250. The van der Waals surface area contributed by atoms with E-state index in [0.717, 1.165) is 5.69 Å². The average Bonchev–Trinajstić information content (AvgIpc) is 2.72. The van der Waals surface area contributed by atoms with Gasteiger partial charge in [-0.3, -0.25) is 0 Å². The molecule has 18 heavy (non-hydrogen) atoms. The summed E-state index contributed by atoms with van der Waals surface area (Å²) in [6, 6.07) is 7.26. The van der Waals surface area contributed by atoms with Crippen LogP contribution < -0.4 is 4.74 Å². The molecule has 0 atom stereocenters. The Kier molecular flexibility index (Phi) is 3.27. The summed E-state index contributed by atoms with van der Waals surface area (Å²) in [6.45, 7) is 4.17. The van der Waals surface area contributed by atoms with Crippen LogP contribution in [-0.2, 0) is 0 Å². The van der Waals surface area contributed by atoms with Gasteiger partial charge in [-0.15, -0.1) is 5.10 Å². The number of ether oxygens (including phenoxy) is 1. The van der Waals surface area contributed by atoms with E-state index in [4.69, 9.17) is 9.84 Å². The fourth-order valence-electron chi connectivity index (χ4n) is 1.60. The van der Waals surface area contributed by atoms with Crippen molar-refractivity contribution in [1.29, 1.82) is 0 Å². The first-order valence-electron chi connectivity index (χ1n) is 5.52. The van der Waals surface area contributed by atoms with Gasteiger partial charge in [0.15, 0.2) is 0 Å². The Morgan fingerprint density at radius 1 is 1.50 bits per heavy atom. The van der Waals surface area contributed by atoms with Crippen molar-refractivity contribution in [2.24, 2.45) is 0 Å². The summed E-state index contributed by atoms with van der Waals surface area (Å²) in [5.41, 5.74) is 0.721. The van der Waals surface area contributed by atoms with Crippen molar-refractivity contribution in [3.05, 3.63) is 35.9 Å². The van der Waals surface area contributed by atoms with Gasteiger partial charge in [0.05, 0.1) is 12.3 Å². The molecule has 0 bridgehead atoms. The van der Waals surface area contributed by atoms with Crippen LogP contribution in [0, 0.1) is 6.92 Å². The van der Waals surface area contributed by atoms with Crippen molar-refractivity contribution in [3.8, 4) is 11.4 Å². The molecule has 6 nitrogen and oxygen atoms in total. The lowest BCUT2D eigenvalue weighted by atomic mass is 10.3. The molecule has 2 aromatic rings. The molecule has 0 aliphatic carbocycles. The van der Waals surface area contributed by atoms with Crippen molar-refractivity contribution < 1.29 is 14.6 Å². The van der Waals surface area contributed by atoms with Gasteiger partial charge < -0.3 is 9.84 Å². The van der Waals surface area contributed by atoms with Crippen molar-refractivity contribution in [2.45, 2.75) is 13.8 Å². The zero-order valence-electron chi connectivity index (χ0n) is 10.1. The monoisotopic (exact) mass is 247 g/mol. The summed E-state index contributed by atoms with van der Waals surface area (Å²) in [5, 5.41) is 12.8. The molecule has 1 aromatic carbocycles. The van der Waals surface area contributed by atoms with E-state index >= 15 is 0 Å². The fourth-order valence-corrected chi connectivity index (χ4v) is 1.60. The maximum atomic E-state index is 10.8. The molecule has 0 amide bonds. The number of carboxylic acids is 1. The number of aryl methyl sites for hydroxylation is 1. The second kappa shape index (κ2) is 4.87. The van der Waals surface area contributed by atoms with Crippen LogP contribution >= 0.6 is 0 Å². The highest BCUT2D eigenvalue weighted by Gasteiger charge is 2.13. The lowest BCUT2D eigenvalue weighted by Gasteiger charge is -2.06. The molecule has 1 heterocycles. The quantitative estimate of drug-likeness (QED) is 0.889. The van der Waals surface area contributed by atoms with E-state index in [1.807, 2.05) is 25.1 Å². The highest BCUT2D eigenvalue weighted by atomic mass is 16.5. The third-order valence-electron chi connectivity index (χ3n) is 2.33. The van der Waals surface area contributed by atoms with Gasteiger partial charge in [-0.05, 0) is 26.0 Å². The third-order valence-corrected chi connectivity index (χ3v) is 2.33. The molecule has 0 unspecified atom stereocenters. The second-order valence-corrected chi connectivity index (χ2v) is 3.63. The molecule has 6 heteroatoms. The molecule has 0 radical (unpaired) electrons. The molecule has 0 fully saturated rings. The summed E-state index contributed by atoms with van der Waals surface area (Å²) >= 11 is 0. The molecule has 2 rings (SSSR count). The van der Waals surface area contributed by atoms with Gasteiger partial charge in [-0.1, -0.05) is 6.07 Å². The lowest BCUT2D eigenvalue weighted by molar-refractivity contribution is 0.0683. The number of benzene rings is 1. The Bertz CT molecular complexity index is 578. The van der Waals surface area contributed by atoms with Gasteiger partial charge in [0, 0.05) is 6.07 Å². The van der Waals surface area contributed by atoms with Crippen molar-refractivity contribution in [3.63, 3.8) is 0 Å². The summed E-state index contributed by atoms with van der Waals surface area (Å²) in [6.07, 6.45) is 0. The van der Waals surface area contributed by atoms with Crippen LogP contribution in [0.2, 0.25) is 0 Å². The molecule has 1 N–H and O–H groups in total. The van der Waals surface area contributed by atoms with E-state index < -0.39 is 5.97 Å². The maximum absolute atomic E-state index is 10.8. The molecular weight excluding hydrogens is 234 g/mol. The molecule has 0 saturated heterocycles. The summed E-state index contributed by atoms with van der Waals surface area (Å²) in [5.74, 6) is -0.130.